The molecule has 0 spiro atoms. The van der Waals surface area contributed by atoms with Crippen LogP contribution in [0.2, 0.25) is 0 Å². The van der Waals surface area contributed by atoms with E-state index < -0.39 is 0 Å². The maximum Gasteiger partial charge on any atom is 0.0380 e. The van der Waals surface area contributed by atoms with E-state index in [0.29, 0.717) is 5.92 Å². The van der Waals surface area contributed by atoms with Crippen LogP contribution in [-0.2, 0) is 6.42 Å². The van der Waals surface area contributed by atoms with Gasteiger partial charge in [-0.2, -0.15) is 0 Å². The van der Waals surface area contributed by atoms with Gasteiger partial charge < -0.3 is 10.6 Å². The molecule has 0 heterocycles. The first-order chi connectivity index (χ1) is 8.97. The lowest BCUT2D eigenvalue weighted by molar-refractivity contribution is 0.607. The predicted octanol–water partition coefficient (Wildman–Crippen LogP) is 3.96. The molecule has 19 heavy (non-hydrogen) atoms. The van der Waals surface area contributed by atoms with Crippen molar-refractivity contribution in [3.8, 4) is 0 Å². The first kappa shape index (κ1) is 14.9. The second kappa shape index (κ2) is 6.27. The molecule has 0 bridgehead atoms. The molecule has 1 atom stereocenters. The average Bonchev–Trinajstić information content (AvgIpc) is 3.12. The van der Waals surface area contributed by atoms with E-state index in [1.54, 1.807) is 0 Å². The Morgan fingerprint density at radius 2 is 2.00 bits per heavy atom. The molecule has 0 saturated heterocycles. The molecule has 1 aliphatic carbocycles. The molecule has 1 fully saturated rings. The van der Waals surface area contributed by atoms with Gasteiger partial charge in [-0.3, -0.25) is 0 Å². The van der Waals surface area contributed by atoms with Crippen LogP contribution in [0.25, 0.3) is 0 Å². The lowest BCUT2D eigenvalue weighted by atomic mass is 10.1. The minimum Gasteiger partial charge on any atom is -0.368 e. The van der Waals surface area contributed by atoms with Gasteiger partial charge in [0, 0.05) is 28.8 Å². The summed E-state index contributed by atoms with van der Waals surface area (Å²) >= 11 is 3.70. The van der Waals surface area contributed by atoms with Crippen LogP contribution in [0.1, 0.15) is 39.2 Å². The number of halogens is 1. The SMILES string of the molecule is CC(C)CN(c1ccc(CC(C)N)c(Br)c1)C1CC1. The Bertz CT molecular complexity index is 425. The van der Waals surface area contributed by atoms with Crippen LogP contribution in [0, 0.1) is 5.92 Å². The molecule has 2 rings (SSSR count). The van der Waals surface area contributed by atoms with Crippen LogP contribution in [0.15, 0.2) is 22.7 Å². The van der Waals surface area contributed by atoms with E-state index in [4.69, 9.17) is 5.73 Å². The van der Waals surface area contributed by atoms with Crippen LogP contribution in [0.3, 0.4) is 0 Å². The van der Waals surface area contributed by atoms with Gasteiger partial charge in [-0.05, 0) is 49.8 Å². The van der Waals surface area contributed by atoms with Crippen molar-refractivity contribution in [3.63, 3.8) is 0 Å². The minimum absolute atomic E-state index is 0.206. The molecule has 106 valence electrons. The smallest absolute Gasteiger partial charge is 0.0380 e. The summed E-state index contributed by atoms with van der Waals surface area (Å²) in [5, 5.41) is 0. The van der Waals surface area contributed by atoms with E-state index in [1.165, 1.54) is 28.6 Å². The van der Waals surface area contributed by atoms with Crippen LogP contribution in [-0.4, -0.2) is 18.6 Å². The molecule has 1 aliphatic rings. The molecule has 0 amide bonds. The molecule has 1 saturated carbocycles. The molecule has 2 nitrogen and oxygen atoms in total. The second-order valence-electron chi connectivity index (χ2n) is 6.23. The van der Waals surface area contributed by atoms with E-state index in [1.807, 2.05) is 0 Å². The number of anilines is 1. The first-order valence-corrected chi connectivity index (χ1v) is 8.07. The summed E-state index contributed by atoms with van der Waals surface area (Å²) < 4.78 is 1.19. The summed E-state index contributed by atoms with van der Waals surface area (Å²) in [5.41, 5.74) is 8.53. The van der Waals surface area contributed by atoms with Gasteiger partial charge in [0.05, 0.1) is 0 Å². The predicted molar refractivity (Wildman–Crippen MR) is 86.7 cm³/mol. The van der Waals surface area contributed by atoms with E-state index in [2.05, 4.69) is 59.8 Å². The number of nitrogens with two attached hydrogens (primary N) is 1. The van der Waals surface area contributed by atoms with Crippen molar-refractivity contribution in [2.45, 2.75) is 52.1 Å². The quantitative estimate of drug-likeness (QED) is 0.858. The molecule has 0 aromatic heterocycles. The number of benzene rings is 1. The van der Waals surface area contributed by atoms with Crippen molar-refractivity contribution in [2.75, 3.05) is 11.4 Å². The highest BCUT2D eigenvalue weighted by molar-refractivity contribution is 9.10. The normalized spacial score (nSPS) is 16.7. The molecule has 1 aromatic carbocycles. The van der Waals surface area contributed by atoms with Gasteiger partial charge in [0.1, 0.15) is 0 Å². The van der Waals surface area contributed by atoms with Crippen molar-refractivity contribution < 1.29 is 0 Å². The summed E-state index contributed by atoms with van der Waals surface area (Å²) in [6, 6.07) is 7.70. The Kier molecular flexibility index (Phi) is 4.91. The van der Waals surface area contributed by atoms with Crippen molar-refractivity contribution in [3.05, 3.63) is 28.2 Å². The fourth-order valence-electron chi connectivity index (χ4n) is 2.47. The average molecular weight is 325 g/mol. The van der Waals surface area contributed by atoms with Gasteiger partial charge in [-0.25, -0.2) is 0 Å². The molecule has 0 aliphatic heterocycles. The van der Waals surface area contributed by atoms with Crippen molar-refractivity contribution in [1.29, 1.82) is 0 Å². The fourth-order valence-corrected chi connectivity index (χ4v) is 3.00. The third-order valence-corrected chi connectivity index (χ3v) is 4.20. The van der Waals surface area contributed by atoms with Crippen LogP contribution < -0.4 is 10.6 Å². The van der Waals surface area contributed by atoms with E-state index >= 15 is 0 Å². The van der Waals surface area contributed by atoms with E-state index in [0.717, 1.165) is 19.0 Å². The topological polar surface area (TPSA) is 29.3 Å². The standard InChI is InChI=1S/C16H25BrN2/c1-11(2)10-19(14-6-7-14)15-5-4-13(8-12(3)18)16(17)9-15/h4-5,9,11-12,14H,6-8,10,18H2,1-3H3. The molecule has 1 unspecified atom stereocenters. The van der Waals surface area contributed by atoms with Gasteiger partial charge in [-0.1, -0.05) is 35.8 Å². The van der Waals surface area contributed by atoms with Crippen LogP contribution in [0.5, 0.6) is 0 Å². The Labute approximate surface area is 125 Å². The summed E-state index contributed by atoms with van der Waals surface area (Å²) in [7, 11) is 0. The summed E-state index contributed by atoms with van der Waals surface area (Å²) in [4.78, 5) is 2.56. The lowest BCUT2D eigenvalue weighted by Gasteiger charge is -2.27. The Morgan fingerprint density at radius 1 is 1.32 bits per heavy atom. The van der Waals surface area contributed by atoms with Gasteiger partial charge in [0.2, 0.25) is 0 Å². The van der Waals surface area contributed by atoms with Gasteiger partial charge >= 0.3 is 0 Å². The number of rotatable bonds is 6. The summed E-state index contributed by atoms with van der Waals surface area (Å²) in [6.07, 6.45) is 3.60. The van der Waals surface area contributed by atoms with Gasteiger partial charge in [0.15, 0.2) is 0 Å². The van der Waals surface area contributed by atoms with Crippen molar-refractivity contribution in [1.82, 2.24) is 0 Å². The Hall–Kier alpha value is -0.540. The van der Waals surface area contributed by atoms with Crippen LogP contribution in [0.4, 0.5) is 5.69 Å². The number of nitrogens with zero attached hydrogens (tertiary/aromatic N) is 1. The molecule has 3 heteroatoms. The fraction of sp³-hybridized carbons (Fsp3) is 0.625. The highest BCUT2D eigenvalue weighted by atomic mass is 79.9. The second-order valence-corrected chi connectivity index (χ2v) is 7.09. The zero-order chi connectivity index (χ0) is 14.0. The lowest BCUT2D eigenvalue weighted by Crippen LogP contribution is -2.29. The maximum absolute atomic E-state index is 5.88. The van der Waals surface area contributed by atoms with Crippen molar-refractivity contribution in [2.24, 2.45) is 11.7 Å². The Balaban J connectivity index is 2.16. The first-order valence-electron chi connectivity index (χ1n) is 7.28. The van der Waals surface area contributed by atoms with Gasteiger partial charge in [-0.15, -0.1) is 0 Å². The highest BCUT2D eigenvalue weighted by Crippen LogP contribution is 2.34. The van der Waals surface area contributed by atoms with Crippen LogP contribution >= 0.6 is 15.9 Å². The maximum atomic E-state index is 5.88. The highest BCUT2D eigenvalue weighted by Gasteiger charge is 2.29. The van der Waals surface area contributed by atoms with Gasteiger partial charge in [0.25, 0.3) is 0 Å². The molecule has 2 N–H and O–H groups in total. The monoisotopic (exact) mass is 324 g/mol. The molecular formula is C16H25BrN2. The largest absolute Gasteiger partial charge is 0.368 e. The molecule has 1 aromatic rings. The van der Waals surface area contributed by atoms with Crippen molar-refractivity contribution >= 4 is 21.6 Å². The van der Waals surface area contributed by atoms with E-state index in [9.17, 15) is 0 Å². The zero-order valence-corrected chi connectivity index (χ0v) is 13.8. The summed E-state index contributed by atoms with van der Waals surface area (Å²) in [5.74, 6) is 0.697. The van der Waals surface area contributed by atoms with E-state index in [-0.39, 0.29) is 6.04 Å². The Morgan fingerprint density at radius 3 is 2.47 bits per heavy atom. The third-order valence-electron chi connectivity index (χ3n) is 3.46. The third kappa shape index (κ3) is 4.22. The zero-order valence-electron chi connectivity index (χ0n) is 12.2. The number of hydrogen-bond donors (Lipinski definition) is 1. The minimum atomic E-state index is 0.206. The summed E-state index contributed by atoms with van der Waals surface area (Å²) in [6.45, 7) is 7.77. The molecular weight excluding hydrogens is 300 g/mol. The molecule has 0 radical (unpaired) electrons. The number of hydrogen-bond acceptors (Lipinski definition) is 2.